The van der Waals surface area contributed by atoms with Gasteiger partial charge < -0.3 is 9.64 Å². The first-order valence-electron chi connectivity index (χ1n) is 4.70. The van der Waals surface area contributed by atoms with Gasteiger partial charge in [-0.25, -0.2) is 0 Å². The predicted molar refractivity (Wildman–Crippen MR) is 46.8 cm³/mol. The van der Waals surface area contributed by atoms with Crippen molar-refractivity contribution in [2.24, 2.45) is 0 Å². The average molecular weight is 157 g/mol. The first-order chi connectivity index (χ1) is 5.36. The second-order valence-corrected chi connectivity index (χ2v) is 3.20. The van der Waals surface area contributed by atoms with Gasteiger partial charge in [-0.15, -0.1) is 0 Å². The normalized spacial score (nSPS) is 22.6. The van der Waals surface area contributed by atoms with E-state index in [1.165, 1.54) is 25.9 Å². The lowest BCUT2D eigenvalue weighted by atomic mass is 10.3. The fourth-order valence-corrected chi connectivity index (χ4v) is 1.22. The van der Waals surface area contributed by atoms with Crippen LogP contribution >= 0.6 is 0 Å². The van der Waals surface area contributed by atoms with E-state index in [1.807, 2.05) is 0 Å². The number of nitrogens with zero attached hydrogens (tertiary/aromatic N) is 1. The molecule has 0 amide bonds. The number of epoxide rings is 1. The molecule has 2 heteroatoms. The number of hydrogen-bond donors (Lipinski definition) is 0. The van der Waals surface area contributed by atoms with Crippen molar-refractivity contribution >= 4 is 0 Å². The fraction of sp³-hybridized carbons (Fsp3) is 1.00. The van der Waals surface area contributed by atoms with E-state index < -0.39 is 0 Å². The highest BCUT2D eigenvalue weighted by Crippen LogP contribution is 2.10. The van der Waals surface area contributed by atoms with Crippen LogP contribution in [-0.2, 0) is 4.74 Å². The summed E-state index contributed by atoms with van der Waals surface area (Å²) in [6, 6.07) is 0. The second kappa shape index (κ2) is 4.73. The van der Waals surface area contributed by atoms with Crippen LogP contribution in [0.2, 0.25) is 0 Å². The third-order valence-corrected chi connectivity index (χ3v) is 2.14. The zero-order chi connectivity index (χ0) is 8.10. The van der Waals surface area contributed by atoms with Gasteiger partial charge in [-0.3, -0.25) is 0 Å². The van der Waals surface area contributed by atoms with E-state index in [1.54, 1.807) is 0 Å². The van der Waals surface area contributed by atoms with Gasteiger partial charge in [0.1, 0.15) is 0 Å². The minimum absolute atomic E-state index is 0.562. The highest BCUT2D eigenvalue weighted by Gasteiger charge is 2.24. The van der Waals surface area contributed by atoms with E-state index in [9.17, 15) is 0 Å². The quantitative estimate of drug-likeness (QED) is 0.543. The Morgan fingerprint density at radius 2 is 2.18 bits per heavy atom. The molecule has 11 heavy (non-hydrogen) atoms. The number of unbranched alkanes of at least 4 members (excludes halogenated alkanes) is 1. The Kier molecular flexibility index (Phi) is 3.87. The lowest BCUT2D eigenvalue weighted by Gasteiger charge is -2.18. The van der Waals surface area contributed by atoms with Gasteiger partial charge in [0.25, 0.3) is 0 Å². The molecule has 0 saturated carbocycles. The molecule has 2 nitrogen and oxygen atoms in total. The summed E-state index contributed by atoms with van der Waals surface area (Å²) in [6.45, 7) is 9.01. The molecule has 0 aromatic heterocycles. The number of rotatable bonds is 6. The fourth-order valence-electron chi connectivity index (χ4n) is 1.22. The van der Waals surface area contributed by atoms with Crippen LogP contribution in [0.25, 0.3) is 0 Å². The van der Waals surface area contributed by atoms with Crippen LogP contribution in [-0.4, -0.2) is 37.2 Å². The summed E-state index contributed by atoms with van der Waals surface area (Å²) in [5.41, 5.74) is 0. The molecular formula is C9H19NO. The van der Waals surface area contributed by atoms with Gasteiger partial charge in [0.15, 0.2) is 0 Å². The third kappa shape index (κ3) is 3.73. The van der Waals surface area contributed by atoms with Gasteiger partial charge in [-0.2, -0.15) is 0 Å². The van der Waals surface area contributed by atoms with Crippen molar-refractivity contribution in [1.82, 2.24) is 4.90 Å². The standard InChI is InChI=1S/C9H19NO/c1-3-5-6-10(4-2)7-9-8-11-9/h9H,3-8H2,1-2H3. The summed E-state index contributed by atoms with van der Waals surface area (Å²) < 4.78 is 5.18. The Bertz CT molecular complexity index is 102. The molecule has 1 rings (SSSR count). The lowest BCUT2D eigenvalue weighted by Crippen LogP contribution is -2.28. The highest BCUT2D eigenvalue weighted by molar-refractivity contribution is 4.73. The van der Waals surface area contributed by atoms with Crippen LogP contribution < -0.4 is 0 Å². The third-order valence-electron chi connectivity index (χ3n) is 2.14. The first kappa shape index (κ1) is 9.01. The van der Waals surface area contributed by atoms with E-state index in [0.717, 1.165) is 13.2 Å². The van der Waals surface area contributed by atoms with E-state index in [0.29, 0.717) is 6.10 Å². The van der Waals surface area contributed by atoms with Crippen molar-refractivity contribution in [3.63, 3.8) is 0 Å². The first-order valence-corrected chi connectivity index (χ1v) is 4.70. The number of likely N-dealkylation sites (N-methyl/N-ethyl adjacent to an activating group) is 1. The predicted octanol–water partition coefficient (Wildman–Crippen LogP) is 1.51. The molecule has 1 aliphatic rings. The molecule has 0 radical (unpaired) electrons. The molecule has 0 N–H and O–H groups in total. The van der Waals surface area contributed by atoms with E-state index in [4.69, 9.17) is 4.74 Å². The molecule has 1 aliphatic heterocycles. The number of ether oxygens (including phenoxy) is 1. The summed E-state index contributed by atoms with van der Waals surface area (Å²) in [7, 11) is 0. The molecule has 0 spiro atoms. The molecular weight excluding hydrogens is 138 g/mol. The van der Waals surface area contributed by atoms with Crippen LogP contribution in [0.4, 0.5) is 0 Å². The van der Waals surface area contributed by atoms with Crippen molar-refractivity contribution < 1.29 is 4.74 Å². The molecule has 0 aromatic rings. The number of hydrogen-bond acceptors (Lipinski definition) is 2. The smallest absolute Gasteiger partial charge is 0.0936 e. The van der Waals surface area contributed by atoms with Crippen molar-refractivity contribution in [3.8, 4) is 0 Å². The van der Waals surface area contributed by atoms with E-state index in [2.05, 4.69) is 18.7 Å². The SMILES string of the molecule is CCCCN(CC)CC1CO1. The van der Waals surface area contributed by atoms with E-state index in [-0.39, 0.29) is 0 Å². The largest absolute Gasteiger partial charge is 0.372 e. The Morgan fingerprint density at radius 1 is 1.45 bits per heavy atom. The van der Waals surface area contributed by atoms with Crippen molar-refractivity contribution in [1.29, 1.82) is 0 Å². The van der Waals surface area contributed by atoms with Crippen LogP contribution in [0.5, 0.6) is 0 Å². The lowest BCUT2D eigenvalue weighted by molar-refractivity contribution is 0.249. The zero-order valence-corrected chi connectivity index (χ0v) is 7.68. The zero-order valence-electron chi connectivity index (χ0n) is 7.68. The molecule has 1 fully saturated rings. The minimum Gasteiger partial charge on any atom is -0.372 e. The van der Waals surface area contributed by atoms with Gasteiger partial charge in [0.05, 0.1) is 12.7 Å². The summed E-state index contributed by atoms with van der Waals surface area (Å²) in [4.78, 5) is 2.47. The molecule has 0 aromatic carbocycles. The molecule has 1 heterocycles. The Balaban J connectivity index is 2.02. The van der Waals surface area contributed by atoms with Gasteiger partial charge in [0.2, 0.25) is 0 Å². The molecule has 1 unspecified atom stereocenters. The van der Waals surface area contributed by atoms with Gasteiger partial charge in [-0.1, -0.05) is 20.3 Å². The average Bonchev–Trinajstić information content (AvgIpc) is 2.81. The molecule has 1 saturated heterocycles. The van der Waals surface area contributed by atoms with Crippen LogP contribution in [0.15, 0.2) is 0 Å². The molecule has 0 aliphatic carbocycles. The summed E-state index contributed by atoms with van der Waals surface area (Å²) in [5, 5.41) is 0. The van der Waals surface area contributed by atoms with E-state index >= 15 is 0 Å². The molecule has 1 atom stereocenters. The van der Waals surface area contributed by atoms with Gasteiger partial charge in [0, 0.05) is 6.54 Å². The maximum absolute atomic E-state index is 5.18. The molecule has 66 valence electrons. The maximum Gasteiger partial charge on any atom is 0.0936 e. The van der Waals surface area contributed by atoms with Crippen molar-refractivity contribution in [2.45, 2.75) is 32.8 Å². The van der Waals surface area contributed by atoms with Gasteiger partial charge >= 0.3 is 0 Å². The van der Waals surface area contributed by atoms with Crippen LogP contribution in [0.3, 0.4) is 0 Å². The van der Waals surface area contributed by atoms with Crippen molar-refractivity contribution in [3.05, 3.63) is 0 Å². The van der Waals surface area contributed by atoms with Crippen LogP contribution in [0.1, 0.15) is 26.7 Å². The minimum atomic E-state index is 0.562. The summed E-state index contributed by atoms with van der Waals surface area (Å²) >= 11 is 0. The van der Waals surface area contributed by atoms with Gasteiger partial charge in [-0.05, 0) is 19.5 Å². The maximum atomic E-state index is 5.18. The summed E-state index contributed by atoms with van der Waals surface area (Å²) in [6.07, 6.45) is 3.18. The topological polar surface area (TPSA) is 15.8 Å². The van der Waals surface area contributed by atoms with Crippen molar-refractivity contribution in [2.75, 3.05) is 26.2 Å². The van der Waals surface area contributed by atoms with Crippen LogP contribution in [0, 0.1) is 0 Å². The molecule has 0 bridgehead atoms. The Hall–Kier alpha value is -0.0800. The Labute approximate surface area is 69.5 Å². The highest BCUT2D eigenvalue weighted by atomic mass is 16.6. The second-order valence-electron chi connectivity index (χ2n) is 3.20. The Morgan fingerprint density at radius 3 is 2.64 bits per heavy atom. The monoisotopic (exact) mass is 157 g/mol. The summed E-state index contributed by atoms with van der Waals surface area (Å²) in [5.74, 6) is 0.